The van der Waals surface area contributed by atoms with Gasteiger partial charge in [0.1, 0.15) is 18.2 Å². The molecule has 2 rings (SSSR count). The molecular weight excluding hydrogens is 257 g/mol. The number of nitrogens with zero attached hydrogens (tertiary/aromatic N) is 2. The molecule has 4 nitrogen and oxygen atoms in total. The number of methoxy groups -OCH3 is 1. The highest BCUT2D eigenvalue weighted by molar-refractivity contribution is 6.30. The van der Waals surface area contributed by atoms with Crippen LogP contribution in [0.3, 0.4) is 0 Å². The van der Waals surface area contributed by atoms with E-state index in [0.29, 0.717) is 22.1 Å². The maximum Gasteiger partial charge on any atom is 0.157 e. The molecule has 0 atom stereocenters. The average Bonchev–Trinajstić information content (AvgIpc) is 2.28. The monoisotopic (exact) mass is 267 g/mol. The number of anilines is 1. The molecule has 94 valence electrons. The second-order valence-electron chi connectivity index (χ2n) is 3.65. The van der Waals surface area contributed by atoms with Gasteiger partial charge in [-0.3, -0.25) is 0 Å². The summed E-state index contributed by atoms with van der Waals surface area (Å²) in [7, 11) is 1.52. The molecule has 0 unspecified atom stereocenters. The average molecular weight is 268 g/mol. The van der Waals surface area contributed by atoms with E-state index in [1.54, 1.807) is 12.1 Å². The number of hydrogen-bond donors (Lipinski definition) is 1. The van der Waals surface area contributed by atoms with Gasteiger partial charge < -0.3 is 10.5 Å². The van der Waals surface area contributed by atoms with Gasteiger partial charge in [0.25, 0.3) is 0 Å². The van der Waals surface area contributed by atoms with E-state index in [9.17, 15) is 4.39 Å². The molecule has 2 aromatic rings. The van der Waals surface area contributed by atoms with Gasteiger partial charge in [0.2, 0.25) is 0 Å². The minimum Gasteiger partial charge on any atom is -0.384 e. The zero-order valence-corrected chi connectivity index (χ0v) is 10.4. The van der Waals surface area contributed by atoms with Crippen LogP contribution in [0.1, 0.15) is 5.82 Å². The third-order valence-corrected chi connectivity index (χ3v) is 2.51. The first-order chi connectivity index (χ1) is 8.60. The molecule has 0 saturated heterocycles. The van der Waals surface area contributed by atoms with E-state index in [0.717, 1.165) is 0 Å². The van der Waals surface area contributed by atoms with Gasteiger partial charge in [0, 0.05) is 23.8 Å². The van der Waals surface area contributed by atoms with Crippen molar-refractivity contribution in [1.29, 1.82) is 0 Å². The van der Waals surface area contributed by atoms with Crippen molar-refractivity contribution in [3.05, 3.63) is 40.9 Å². The van der Waals surface area contributed by atoms with Crippen LogP contribution in [0, 0.1) is 5.82 Å². The fraction of sp³-hybridized carbons (Fsp3) is 0.167. The summed E-state index contributed by atoms with van der Waals surface area (Å²) in [4.78, 5) is 8.17. The highest BCUT2D eigenvalue weighted by Crippen LogP contribution is 2.24. The molecule has 0 aliphatic heterocycles. The van der Waals surface area contributed by atoms with E-state index in [-0.39, 0.29) is 12.4 Å². The summed E-state index contributed by atoms with van der Waals surface area (Å²) < 4.78 is 18.7. The Morgan fingerprint density at radius 3 is 2.78 bits per heavy atom. The molecule has 0 radical (unpaired) electrons. The SMILES string of the molecule is COCc1nc(N)cc(-c2ccc(Cl)cc2F)n1. The molecule has 0 saturated carbocycles. The number of ether oxygens (including phenoxy) is 1. The first-order valence-electron chi connectivity index (χ1n) is 5.18. The van der Waals surface area contributed by atoms with Crippen molar-refractivity contribution in [2.75, 3.05) is 12.8 Å². The summed E-state index contributed by atoms with van der Waals surface area (Å²) in [5.74, 6) is 0.215. The second kappa shape index (κ2) is 5.29. The predicted molar refractivity (Wildman–Crippen MR) is 67.6 cm³/mol. The van der Waals surface area contributed by atoms with Gasteiger partial charge in [0.15, 0.2) is 5.82 Å². The Bertz CT molecular complexity index is 577. The first-order valence-corrected chi connectivity index (χ1v) is 5.55. The Labute approximate surface area is 109 Å². The van der Waals surface area contributed by atoms with Crippen LogP contribution in [0.2, 0.25) is 5.02 Å². The van der Waals surface area contributed by atoms with Gasteiger partial charge in [-0.2, -0.15) is 0 Å². The third-order valence-electron chi connectivity index (χ3n) is 2.27. The first kappa shape index (κ1) is 12.7. The van der Waals surface area contributed by atoms with Crippen LogP contribution in [0.25, 0.3) is 11.3 Å². The van der Waals surface area contributed by atoms with Crippen molar-refractivity contribution in [1.82, 2.24) is 9.97 Å². The summed E-state index contributed by atoms with van der Waals surface area (Å²) in [5.41, 5.74) is 6.38. The van der Waals surface area contributed by atoms with Crippen LogP contribution in [-0.4, -0.2) is 17.1 Å². The van der Waals surface area contributed by atoms with Crippen LogP contribution in [0.5, 0.6) is 0 Å². The molecule has 0 bridgehead atoms. The number of nitrogens with two attached hydrogens (primary N) is 1. The van der Waals surface area contributed by atoms with E-state index < -0.39 is 5.82 Å². The number of benzene rings is 1. The van der Waals surface area contributed by atoms with Gasteiger partial charge >= 0.3 is 0 Å². The number of nitrogen functional groups attached to an aromatic ring is 1. The molecular formula is C12H11ClFN3O. The van der Waals surface area contributed by atoms with Gasteiger partial charge in [-0.25, -0.2) is 14.4 Å². The molecule has 18 heavy (non-hydrogen) atoms. The summed E-state index contributed by atoms with van der Waals surface area (Å²) >= 11 is 5.70. The number of hydrogen-bond acceptors (Lipinski definition) is 4. The highest BCUT2D eigenvalue weighted by Gasteiger charge is 2.10. The molecule has 1 aromatic carbocycles. The molecule has 0 aliphatic carbocycles. The fourth-order valence-electron chi connectivity index (χ4n) is 1.55. The van der Waals surface area contributed by atoms with Gasteiger partial charge in [-0.05, 0) is 18.2 Å². The van der Waals surface area contributed by atoms with E-state index in [4.69, 9.17) is 22.1 Å². The van der Waals surface area contributed by atoms with Crippen LogP contribution in [-0.2, 0) is 11.3 Å². The smallest absolute Gasteiger partial charge is 0.157 e. The standard InChI is InChI=1S/C12H11ClFN3O/c1-18-6-12-16-10(5-11(15)17-12)8-3-2-7(13)4-9(8)14/h2-5H,6H2,1H3,(H2,15,16,17). The van der Waals surface area contributed by atoms with Gasteiger partial charge in [-0.15, -0.1) is 0 Å². The maximum atomic E-state index is 13.8. The summed E-state index contributed by atoms with van der Waals surface area (Å²) in [6.07, 6.45) is 0. The lowest BCUT2D eigenvalue weighted by Crippen LogP contribution is -2.03. The molecule has 6 heteroatoms. The lowest BCUT2D eigenvalue weighted by molar-refractivity contribution is 0.178. The minimum atomic E-state index is -0.455. The van der Waals surface area contributed by atoms with Crippen molar-refractivity contribution in [2.45, 2.75) is 6.61 Å². The van der Waals surface area contributed by atoms with Crippen molar-refractivity contribution >= 4 is 17.4 Å². The Morgan fingerprint density at radius 1 is 1.33 bits per heavy atom. The molecule has 0 aliphatic rings. The minimum absolute atomic E-state index is 0.216. The Hall–Kier alpha value is -1.72. The number of halogens is 2. The van der Waals surface area contributed by atoms with Gasteiger partial charge in [0.05, 0.1) is 5.69 Å². The topological polar surface area (TPSA) is 61.0 Å². The third kappa shape index (κ3) is 2.75. The van der Waals surface area contributed by atoms with E-state index in [2.05, 4.69) is 9.97 Å². The molecule has 1 aromatic heterocycles. The molecule has 0 fully saturated rings. The van der Waals surface area contributed by atoms with Crippen molar-refractivity contribution in [2.24, 2.45) is 0 Å². The van der Waals surface area contributed by atoms with E-state index >= 15 is 0 Å². The van der Waals surface area contributed by atoms with Gasteiger partial charge in [-0.1, -0.05) is 11.6 Å². The lowest BCUT2D eigenvalue weighted by Gasteiger charge is -2.06. The van der Waals surface area contributed by atoms with Crippen molar-refractivity contribution in [3.8, 4) is 11.3 Å². The molecule has 2 N–H and O–H groups in total. The summed E-state index contributed by atoms with van der Waals surface area (Å²) in [6.45, 7) is 0.216. The van der Waals surface area contributed by atoms with Crippen LogP contribution < -0.4 is 5.73 Å². The Kier molecular flexibility index (Phi) is 3.74. The number of aromatic nitrogens is 2. The maximum absolute atomic E-state index is 13.8. The van der Waals surface area contributed by atoms with Crippen LogP contribution in [0.15, 0.2) is 24.3 Å². The zero-order valence-electron chi connectivity index (χ0n) is 9.65. The van der Waals surface area contributed by atoms with E-state index in [1.807, 2.05) is 0 Å². The van der Waals surface area contributed by atoms with Crippen molar-refractivity contribution in [3.63, 3.8) is 0 Å². The molecule has 0 amide bonds. The van der Waals surface area contributed by atoms with Crippen molar-refractivity contribution < 1.29 is 9.13 Å². The molecule has 1 heterocycles. The predicted octanol–water partition coefficient (Wildman–Crippen LogP) is 2.66. The van der Waals surface area contributed by atoms with Crippen LogP contribution >= 0.6 is 11.6 Å². The quantitative estimate of drug-likeness (QED) is 0.929. The summed E-state index contributed by atoms with van der Waals surface area (Å²) in [6, 6.07) is 5.88. The highest BCUT2D eigenvalue weighted by atomic mass is 35.5. The second-order valence-corrected chi connectivity index (χ2v) is 4.09. The van der Waals surface area contributed by atoms with E-state index in [1.165, 1.54) is 19.2 Å². The van der Waals surface area contributed by atoms with Crippen LogP contribution in [0.4, 0.5) is 10.2 Å². The zero-order chi connectivity index (χ0) is 13.1. The summed E-state index contributed by atoms with van der Waals surface area (Å²) in [5, 5.41) is 0.329. The Balaban J connectivity index is 2.49. The Morgan fingerprint density at radius 2 is 2.11 bits per heavy atom. The largest absolute Gasteiger partial charge is 0.384 e. The molecule has 0 spiro atoms. The fourth-order valence-corrected chi connectivity index (χ4v) is 1.71. The normalized spacial score (nSPS) is 10.6. The number of rotatable bonds is 3. The lowest BCUT2D eigenvalue weighted by atomic mass is 10.1.